The summed E-state index contributed by atoms with van der Waals surface area (Å²) in [5.74, 6) is 0.289. The van der Waals surface area contributed by atoms with Crippen LogP contribution in [0.3, 0.4) is 0 Å². The summed E-state index contributed by atoms with van der Waals surface area (Å²) >= 11 is 1.58. The van der Waals surface area contributed by atoms with Crippen LogP contribution in [0.2, 0.25) is 0 Å². The van der Waals surface area contributed by atoms with Crippen molar-refractivity contribution in [1.29, 1.82) is 0 Å². The van der Waals surface area contributed by atoms with Gasteiger partial charge in [-0.25, -0.2) is 18.4 Å². The maximum atomic E-state index is 12.5. The average Bonchev–Trinajstić information content (AvgIpc) is 2.45. The zero-order chi connectivity index (χ0) is 15.7. The molecule has 0 bridgehead atoms. The lowest BCUT2D eigenvalue weighted by Crippen LogP contribution is -2.48. The van der Waals surface area contributed by atoms with E-state index in [0.29, 0.717) is 18.0 Å². The van der Waals surface area contributed by atoms with Crippen molar-refractivity contribution in [2.45, 2.75) is 15.7 Å². The lowest BCUT2D eigenvalue weighted by Gasteiger charge is -2.37. The van der Waals surface area contributed by atoms with Gasteiger partial charge < -0.3 is 5.73 Å². The second kappa shape index (κ2) is 5.86. The van der Waals surface area contributed by atoms with E-state index >= 15 is 0 Å². The molecule has 0 radical (unpaired) electrons. The number of hydrogen-bond donors (Lipinski definition) is 1. The first-order valence-electron chi connectivity index (χ1n) is 6.73. The Balaban J connectivity index is 1.73. The molecule has 1 aromatic heterocycles. The number of nitrogens with two attached hydrogens (primary N) is 1. The molecule has 2 aromatic rings. The molecule has 0 spiro atoms. The SMILES string of the molecule is CSc1ccc(S(=O)(=O)N2CC(c3ccnc(N)n3)C2)cc1. The first kappa shape index (κ1) is 15.3. The van der Waals surface area contributed by atoms with Gasteiger partial charge in [-0.2, -0.15) is 4.31 Å². The van der Waals surface area contributed by atoms with Crippen molar-refractivity contribution in [2.24, 2.45) is 0 Å². The van der Waals surface area contributed by atoms with Crippen LogP contribution in [0.1, 0.15) is 11.6 Å². The van der Waals surface area contributed by atoms with Crippen molar-refractivity contribution >= 4 is 27.7 Å². The Morgan fingerprint density at radius 3 is 2.50 bits per heavy atom. The number of aromatic nitrogens is 2. The molecule has 3 rings (SSSR count). The second-order valence-electron chi connectivity index (χ2n) is 5.03. The average molecular weight is 336 g/mol. The quantitative estimate of drug-likeness (QED) is 0.853. The van der Waals surface area contributed by atoms with E-state index in [-0.39, 0.29) is 11.9 Å². The fraction of sp³-hybridized carbons (Fsp3) is 0.286. The van der Waals surface area contributed by atoms with Crippen molar-refractivity contribution in [1.82, 2.24) is 14.3 Å². The van der Waals surface area contributed by atoms with Gasteiger partial charge in [0.15, 0.2) is 0 Å². The van der Waals surface area contributed by atoms with Crippen LogP contribution in [0.25, 0.3) is 0 Å². The van der Waals surface area contributed by atoms with E-state index in [4.69, 9.17) is 5.73 Å². The number of benzene rings is 1. The molecule has 2 N–H and O–H groups in total. The van der Waals surface area contributed by atoms with Crippen LogP contribution < -0.4 is 5.73 Å². The van der Waals surface area contributed by atoms with Gasteiger partial charge in [0.1, 0.15) is 0 Å². The molecule has 0 unspecified atom stereocenters. The van der Waals surface area contributed by atoms with E-state index in [9.17, 15) is 8.42 Å². The molecular weight excluding hydrogens is 320 g/mol. The van der Waals surface area contributed by atoms with E-state index in [1.54, 1.807) is 36.2 Å². The predicted octanol–water partition coefficient (Wildman–Crippen LogP) is 1.57. The topological polar surface area (TPSA) is 89.2 Å². The molecule has 1 aliphatic heterocycles. The highest BCUT2D eigenvalue weighted by molar-refractivity contribution is 7.98. The van der Waals surface area contributed by atoms with Crippen molar-refractivity contribution in [2.75, 3.05) is 25.1 Å². The number of hydrogen-bond acceptors (Lipinski definition) is 6. The van der Waals surface area contributed by atoms with Crippen molar-refractivity contribution < 1.29 is 8.42 Å². The molecular formula is C14H16N4O2S2. The number of nitrogens with zero attached hydrogens (tertiary/aromatic N) is 3. The minimum atomic E-state index is -3.43. The summed E-state index contributed by atoms with van der Waals surface area (Å²) < 4.78 is 26.5. The highest BCUT2D eigenvalue weighted by Gasteiger charge is 2.38. The van der Waals surface area contributed by atoms with E-state index in [2.05, 4.69) is 9.97 Å². The van der Waals surface area contributed by atoms with Crippen LogP contribution >= 0.6 is 11.8 Å². The summed E-state index contributed by atoms with van der Waals surface area (Å²) in [5.41, 5.74) is 6.35. The van der Waals surface area contributed by atoms with E-state index in [0.717, 1.165) is 10.6 Å². The predicted molar refractivity (Wildman–Crippen MR) is 86.2 cm³/mol. The third kappa shape index (κ3) is 2.81. The molecule has 6 nitrogen and oxygen atoms in total. The fourth-order valence-corrected chi connectivity index (χ4v) is 4.27. The van der Waals surface area contributed by atoms with E-state index < -0.39 is 10.0 Å². The van der Waals surface area contributed by atoms with Gasteiger partial charge in [-0.15, -0.1) is 11.8 Å². The van der Waals surface area contributed by atoms with Gasteiger partial charge in [0.2, 0.25) is 16.0 Å². The first-order chi connectivity index (χ1) is 10.5. The molecule has 22 heavy (non-hydrogen) atoms. The molecule has 1 fully saturated rings. The van der Waals surface area contributed by atoms with Gasteiger partial charge >= 0.3 is 0 Å². The standard InChI is InChI=1S/C14H16N4O2S2/c1-21-11-2-4-12(5-3-11)22(19,20)18-8-10(9-18)13-6-7-16-14(15)17-13/h2-7,10H,8-9H2,1H3,(H2,15,16,17). The largest absolute Gasteiger partial charge is 0.368 e. The number of anilines is 1. The van der Waals surface area contributed by atoms with Gasteiger partial charge in [-0.05, 0) is 36.6 Å². The molecule has 0 aliphatic carbocycles. The lowest BCUT2D eigenvalue weighted by molar-refractivity contribution is 0.260. The Labute approximate surface area is 133 Å². The molecule has 8 heteroatoms. The lowest BCUT2D eigenvalue weighted by atomic mass is 9.99. The zero-order valence-corrected chi connectivity index (χ0v) is 13.6. The first-order valence-corrected chi connectivity index (χ1v) is 9.40. The summed E-state index contributed by atoms with van der Waals surface area (Å²) in [6.07, 6.45) is 3.55. The van der Waals surface area contributed by atoms with Crippen molar-refractivity contribution in [3.05, 3.63) is 42.2 Å². The fourth-order valence-electron chi connectivity index (χ4n) is 2.33. The highest BCUT2D eigenvalue weighted by atomic mass is 32.2. The summed E-state index contributed by atoms with van der Waals surface area (Å²) in [6.45, 7) is 0.839. The number of rotatable bonds is 4. The maximum Gasteiger partial charge on any atom is 0.243 e. The van der Waals surface area contributed by atoms with Crippen LogP contribution in [-0.4, -0.2) is 42.0 Å². The minimum absolute atomic E-state index is 0.0746. The normalized spacial score (nSPS) is 16.4. The zero-order valence-electron chi connectivity index (χ0n) is 12.0. The second-order valence-corrected chi connectivity index (χ2v) is 7.85. The molecule has 1 saturated heterocycles. The number of sulfonamides is 1. The maximum absolute atomic E-state index is 12.5. The van der Waals surface area contributed by atoms with Gasteiger partial charge in [0.25, 0.3) is 0 Å². The minimum Gasteiger partial charge on any atom is -0.368 e. The Kier molecular flexibility index (Phi) is 4.07. The summed E-state index contributed by atoms with van der Waals surface area (Å²) in [4.78, 5) is 9.36. The Morgan fingerprint density at radius 2 is 1.91 bits per heavy atom. The molecule has 1 aromatic carbocycles. The van der Waals surface area contributed by atoms with E-state index in [1.807, 2.05) is 18.4 Å². The summed E-state index contributed by atoms with van der Waals surface area (Å²) in [5, 5.41) is 0. The summed E-state index contributed by atoms with van der Waals surface area (Å²) in [6, 6.07) is 8.71. The molecule has 116 valence electrons. The van der Waals surface area contributed by atoms with Crippen LogP contribution in [-0.2, 0) is 10.0 Å². The Morgan fingerprint density at radius 1 is 1.23 bits per heavy atom. The number of thioether (sulfide) groups is 1. The molecule has 1 aliphatic rings. The third-order valence-electron chi connectivity index (χ3n) is 3.66. The smallest absolute Gasteiger partial charge is 0.243 e. The van der Waals surface area contributed by atoms with Crippen LogP contribution in [0.5, 0.6) is 0 Å². The van der Waals surface area contributed by atoms with Gasteiger partial charge in [-0.1, -0.05) is 0 Å². The van der Waals surface area contributed by atoms with Crippen molar-refractivity contribution in [3.63, 3.8) is 0 Å². The van der Waals surface area contributed by atoms with Crippen LogP contribution in [0.15, 0.2) is 46.3 Å². The molecule has 0 saturated carbocycles. The van der Waals surface area contributed by atoms with Gasteiger partial charge in [-0.3, -0.25) is 0 Å². The monoisotopic (exact) mass is 336 g/mol. The van der Waals surface area contributed by atoms with E-state index in [1.165, 1.54) is 4.31 Å². The van der Waals surface area contributed by atoms with Crippen LogP contribution in [0, 0.1) is 0 Å². The Bertz CT molecular complexity index is 772. The van der Waals surface area contributed by atoms with Gasteiger partial charge in [0, 0.05) is 30.1 Å². The molecule has 0 atom stereocenters. The molecule has 0 amide bonds. The number of nitrogen functional groups attached to an aromatic ring is 1. The van der Waals surface area contributed by atoms with Crippen molar-refractivity contribution in [3.8, 4) is 0 Å². The Hall–Kier alpha value is -1.64. The van der Waals surface area contributed by atoms with Gasteiger partial charge in [0.05, 0.1) is 10.6 Å². The third-order valence-corrected chi connectivity index (χ3v) is 6.25. The summed E-state index contributed by atoms with van der Waals surface area (Å²) in [7, 11) is -3.43. The molecule has 2 heterocycles. The highest BCUT2D eigenvalue weighted by Crippen LogP contribution is 2.31. The van der Waals surface area contributed by atoms with Crippen LogP contribution in [0.4, 0.5) is 5.95 Å².